The summed E-state index contributed by atoms with van der Waals surface area (Å²) in [5.74, 6) is 0.228. The lowest BCUT2D eigenvalue weighted by atomic mass is 10.0. The summed E-state index contributed by atoms with van der Waals surface area (Å²) < 4.78 is 0. The van der Waals surface area contributed by atoms with E-state index in [2.05, 4.69) is 17.6 Å². The Balaban J connectivity index is 1.74. The average molecular weight is 268 g/mol. The molecule has 0 aromatic heterocycles. The van der Waals surface area contributed by atoms with Crippen molar-refractivity contribution in [1.29, 1.82) is 0 Å². The smallest absolute Gasteiger partial charge is 0.236 e. The van der Waals surface area contributed by atoms with Gasteiger partial charge in [0.1, 0.15) is 0 Å². The molecule has 1 atom stereocenters. The molecule has 0 aliphatic carbocycles. The maximum atomic E-state index is 12.1. The number of carbonyl (C=O) groups excluding carboxylic acids is 2. The third-order valence-corrected chi connectivity index (χ3v) is 4.11. The summed E-state index contributed by atoms with van der Waals surface area (Å²) in [4.78, 5) is 27.0. The van der Waals surface area contributed by atoms with Gasteiger partial charge in [0, 0.05) is 45.2 Å². The van der Waals surface area contributed by atoms with E-state index < -0.39 is 0 Å². The van der Waals surface area contributed by atoms with Crippen molar-refractivity contribution in [3.05, 3.63) is 0 Å². The normalized spacial score (nSPS) is 27.7. The Morgan fingerprint density at radius 1 is 1.21 bits per heavy atom. The summed E-state index contributed by atoms with van der Waals surface area (Å²) in [5.41, 5.74) is 0.0386. The highest BCUT2D eigenvalue weighted by Crippen LogP contribution is 2.12. The number of nitrogens with zero attached hydrogens (tertiary/aromatic N) is 2. The fourth-order valence-electron chi connectivity index (χ4n) is 2.64. The fourth-order valence-corrected chi connectivity index (χ4v) is 2.64. The van der Waals surface area contributed by atoms with E-state index >= 15 is 0 Å². The highest BCUT2D eigenvalue weighted by molar-refractivity contribution is 5.79. The van der Waals surface area contributed by atoms with Crippen LogP contribution in [0.5, 0.6) is 0 Å². The van der Waals surface area contributed by atoms with Gasteiger partial charge in [-0.05, 0) is 19.9 Å². The van der Waals surface area contributed by atoms with Crippen molar-refractivity contribution in [1.82, 2.24) is 20.4 Å². The maximum absolute atomic E-state index is 12.1. The van der Waals surface area contributed by atoms with E-state index in [1.165, 1.54) is 0 Å². The molecule has 0 saturated carbocycles. The predicted molar refractivity (Wildman–Crippen MR) is 72.7 cm³/mol. The van der Waals surface area contributed by atoms with Gasteiger partial charge in [0.2, 0.25) is 11.8 Å². The van der Waals surface area contributed by atoms with Gasteiger partial charge in [-0.2, -0.15) is 0 Å². The summed E-state index contributed by atoms with van der Waals surface area (Å²) >= 11 is 0. The largest absolute Gasteiger partial charge is 0.339 e. The zero-order valence-corrected chi connectivity index (χ0v) is 11.9. The third-order valence-electron chi connectivity index (χ3n) is 4.11. The molecule has 6 heteroatoms. The lowest BCUT2D eigenvalue weighted by Gasteiger charge is -2.35. The van der Waals surface area contributed by atoms with E-state index in [9.17, 15) is 9.59 Å². The molecule has 0 bridgehead atoms. The number of nitrogens with one attached hydrogen (secondary N) is 2. The van der Waals surface area contributed by atoms with E-state index in [-0.39, 0.29) is 17.4 Å². The van der Waals surface area contributed by atoms with Gasteiger partial charge in [0.25, 0.3) is 0 Å². The number of carbonyl (C=O) groups is 2. The monoisotopic (exact) mass is 268 g/mol. The lowest BCUT2D eigenvalue weighted by molar-refractivity contribution is -0.138. The quantitative estimate of drug-likeness (QED) is 0.690. The van der Waals surface area contributed by atoms with Gasteiger partial charge in [-0.25, -0.2) is 0 Å². The molecule has 0 aromatic carbocycles. The van der Waals surface area contributed by atoms with Gasteiger partial charge in [-0.3, -0.25) is 9.59 Å². The molecule has 0 aromatic rings. The third kappa shape index (κ3) is 3.67. The molecule has 2 amide bonds. The Morgan fingerprint density at radius 2 is 1.84 bits per heavy atom. The first-order chi connectivity index (χ1) is 9.00. The van der Waals surface area contributed by atoms with Crippen LogP contribution in [-0.4, -0.2) is 73.0 Å². The second kappa shape index (κ2) is 5.88. The summed E-state index contributed by atoms with van der Waals surface area (Å²) in [6.07, 6.45) is 1.05. The van der Waals surface area contributed by atoms with Crippen LogP contribution in [0.25, 0.3) is 0 Å². The number of amides is 2. The fraction of sp³-hybridized carbons (Fsp3) is 0.846. The van der Waals surface area contributed by atoms with Crippen LogP contribution in [0.3, 0.4) is 0 Å². The van der Waals surface area contributed by atoms with Crippen LogP contribution in [0.1, 0.15) is 20.3 Å². The highest BCUT2D eigenvalue weighted by Gasteiger charge is 2.29. The predicted octanol–water partition coefficient (Wildman–Crippen LogP) is -0.981. The minimum atomic E-state index is 0.0386. The summed E-state index contributed by atoms with van der Waals surface area (Å²) in [6.45, 7) is 8.64. The van der Waals surface area contributed by atoms with Crippen LogP contribution in [0, 0.1) is 0 Å². The highest BCUT2D eigenvalue weighted by atomic mass is 16.2. The summed E-state index contributed by atoms with van der Waals surface area (Å²) in [5, 5.41) is 6.66. The molecule has 6 nitrogen and oxygen atoms in total. The van der Waals surface area contributed by atoms with Crippen LogP contribution in [-0.2, 0) is 9.59 Å². The Labute approximate surface area is 114 Å². The van der Waals surface area contributed by atoms with Crippen LogP contribution < -0.4 is 10.6 Å². The minimum Gasteiger partial charge on any atom is -0.339 e. The Hall–Kier alpha value is -1.14. The Morgan fingerprint density at radius 3 is 2.37 bits per heavy atom. The number of piperazine rings is 1. The van der Waals surface area contributed by atoms with Gasteiger partial charge in [0.15, 0.2) is 0 Å². The molecule has 2 N–H and O–H groups in total. The summed E-state index contributed by atoms with van der Waals surface area (Å²) in [7, 11) is 0. The zero-order valence-electron chi connectivity index (χ0n) is 11.9. The molecule has 0 spiro atoms. The Kier molecular flexibility index (Phi) is 4.42. The molecule has 2 rings (SSSR count). The lowest BCUT2D eigenvalue weighted by Crippen LogP contribution is -2.54. The number of rotatable bonds is 3. The maximum Gasteiger partial charge on any atom is 0.236 e. The first-order valence-electron chi connectivity index (χ1n) is 6.99. The minimum absolute atomic E-state index is 0.0386. The molecular weight excluding hydrogens is 244 g/mol. The van der Waals surface area contributed by atoms with Crippen molar-refractivity contribution in [3.8, 4) is 0 Å². The SMILES string of the molecule is CC(=O)N1CCN(C(=O)CNC2(C)CCNC2)CC1. The first-order valence-corrected chi connectivity index (χ1v) is 6.99. The van der Waals surface area contributed by atoms with Crippen molar-refractivity contribution in [3.63, 3.8) is 0 Å². The van der Waals surface area contributed by atoms with Gasteiger partial charge < -0.3 is 20.4 Å². The molecule has 2 aliphatic rings. The van der Waals surface area contributed by atoms with Gasteiger partial charge in [0.05, 0.1) is 6.54 Å². The first kappa shape index (κ1) is 14.3. The van der Waals surface area contributed by atoms with Crippen molar-refractivity contribution >= 4 is 11.8 Å². The van der Waals surface area contributed by atoms with E-state index in [1.54, 1.807) is 11.8 Å². The van der Waals surface area contributed by atoms with Crippen LogP contribution >= 0.6 is 0 Å². The molecule has 2 fully saturated rings. The van der Waals surface area contributed by atoms with Crippen LogP contribution in [0.15, 0.2) is 0 Å². The van der Waals surface area contributed by atoms with Crippen LogP contribution in [0.4, 0.5) is 0 Å². The topological polar surface area (TPSA) is 64.7 Å². The van der Waals surface area contributed by atoms with Gasteiger partial charge in [-0.1, -0.05) is 0 Å². The number of hydrogen-bond donors (Lipinski definition) is 2. The van der Waals surface area contributed by atoms with E-state index in [0.717, 1.165) is 19.5 Å². The van der Waals surface area contributed by atoms with Gasteiger partial charge >= 0.3 is 0 Å². The average Bonchev–Trinajstić information content (AvgIpc) is 2.83. The van der Waals surface area contributed by atoms with Crippen molar-refractivity contribution in [2.45, 2.75) is 25.8 Å². The molecule has 2 saturated heterocycles. The summed E-state index contributed by atoms with van der Waals surface area (Å²) in [6, 6.07) is 0. The molecule has 19 heavy (non-hydrogen) atoms. The van der Waals surface area contributed by atoms with Crippen molar-refractivity contribution < 1.29 is 9.59 Å². The molecule has 1 unspecified atom stereocenters. The molecule has 2 heterocycles. The van der Waals surface area contributed by atoms with E-state index in [1.807, 2.05) is 4.90 Å². The Bertz CT molecular complexity index is 345. The second-order valence-electron chi connectivity index (χ2n) is 5.73. The molecule has 2 aliphatic heterocycles. The van der Waals surface area contributed by atoms with E-state index in [4.69, 9.17) is 0 Å². The second-order valence-corrected chi connectivity index (χ2v) is 5.73. The van der Waals surface area contributed by atoms with E-state index in [0.29, 0.717) is 32.7 Å². The zero-order chi connectivity index (χ0) is 13.9. The van der Waals surface area contributed by atoms with Crippen molar-refractivity contribution in [2.75, 3.05) is 45.8 Å². The standard InChI is InChI=1S/C13H24N4O2/c1-11(18)16-5-7-17(8-6-16)12(19)9-15-13(2)3-4-14-10-13/h14-15H,3-10H2,1-2H3. The van der Waals surface area contributed by atoms with Crippen LogP contribution in [0.2, 0.25) is 0 Å². The molecule has 108 valence electrons. The molecular formula is C13H24N4O2. The number of hydrogen-bond acceptors (Lipinski definition) is 4. The van der Waals surface area contributed by atoms with Gasteiger partial charge in [-0.15, -0.1) is 0 Å². The molecule has 0 radical (unpaired) electrons. The van der Waals surface area contributed by atoms with Crippen molar-refractivity contribution in [2.24, 2.45) is 0 Å².